The van der Waals surface area contributed by atoms with E-state index in [1.54, 1.807) is 13.4 Å². The molecule has 0 bridgehead atoms. The Morgan fingerprint density at radius 1 is 1.26 bits per heavy atom. The van der Waals surface area contributed by atoms with Crippen molar-refractivity contribution in [2.75, 3.05) is 12.4 Å². The number of ether oxygens (including phenoxy) is 1. The Balaban J connectivity index is 1.89. The number of benzene rings is 1. The van der Waals surface area contributed by atoms with Gasteiger partial charge in [-0.25, -0.2) is 9.97 Å². The maximum absolute atomic E-state index is 6.13. The minimum atomic E-state index is 0.571. The highest BCUT2D eigenvalue weighted by atomic mass is 35.5. The summed E-state index contributed by atoms with van der Waals surface area (Å²) in [6.45, 7) is 0. The number of halogens is 1. The molecular weight excluding hydrogens is 262 g/mol. The minimum absolute atomic E-state index is 0.571. The van der Waals surface area contributed by atoms with Gasteiger partial charge in [0.1, 0.15) is 17.9 Å². The van der Waals surface area contributed by atoms with Crippen LogP contribution in [0.15, 0.2) is 30.6 Å². The molecule has 3 rings (SSSR count). The number of nitrogens with zero attached hydrogens (tertiary/aromatic N) is 2. The highest BCUT2D eigenvalue weighted by Crippen LogP contribution is 2.30. The number of methoxy groups -OCH3 is 1. The topological polar surface area (TPSA) is 47.0 Å². The molecule has 0 saturated heterocycles. The Bertz CT molecular complexity index is 599. The number of rotatable bonds is 4. The third kappa shape index (κ3) is 2.79. The number of anilines is 1. The standard InChI is InChI=1S/C14H14ClN3O/c1-19-13-5-2-9(6-11(13)15)12-7-14(17-8-16-12)18-10-3-4-10/h2,5-8,10H,3-4H2,1H3,(H,16,17,18). The first-order valence-electron chi connectivity index (χ1n) is 6.19. The summed E-state index contributed by atoms with van der Waals surface area (Å²) >= 11 is 6.13. The van der Waals surface area contributed by atoms with E-state index in [-0.39, 0.29) is 0 Å². The minimum Gasteiger partial charge on any atom is -0.495 e. The van der Waals surface area contributed by atoms with Gasteiger partial charge in [0.05, 0.1) is 17.8 Å². The molecule has 2 aromatic rings. The van der Waals surface area contributed by atoms with Crippen LogP contribution < -0.4 is 10.1 Å². The second-order valence-corrected chi connectivity index (χ2v) is 4.96. The molecule has 1 N–H and O–H groups in total. The highest BCUT2D eigenvalue weighted by molar-refractivity contribution is 6.32. The van der Waals surface area contributed by atoms with Crippen molar-refractivity contribution >= 4 is 17.4 Å². The van der Waals surface area contributed by atoms with E-state index in [9.17, 15) is 0 Å². The lowest BCUT2D eigenvalue weighted by Crippen LogP contribution is -2.03. The van der Waals surface area contributed by atoms with Crippen LogP contribution in [0.4, 0.5) is 5.82 Å². The van der Waals surface area contributed by atoms with Crippen LogP contribution in [0.25, 0.3) is 11.3 Å². The number of hydrogen-bond donors (Lipinski definition) is 1. The van der Waals surface area contributed by atoms with E-state index in [2.05, 4.69) is 15.3 Å². The zero-order valence-electron chi connectivity index (χ0n) is 10.6. The SMILES string of the molecule is COc1ccc(-c2cc(NC3CC3)ncn2)cc1Cl. The number of hydrogen-bond acceptors (Lipinski definition) is 4. The number of nitrogens with one attached hydrogen (secondary N) is 1. The van der Waals surface area contributed by atoms with Crippen molar-refractivity contribution in [3.8, 4) is 17.0 Å². The lowest BCUT2D eigenvalue weighted by molar-refractivity contribution is 0.415. The summed E-state index contributed by atoms with van der Waals surface area (Å²) in [6, 6.07) is 8.14. The molecule has 1 aliphatic carbocycles. The summed E-state index contributed by atoms with van der Waals surface area (Å²) in [5.74, 6) is 1.52. The number of aromatic nitrogens is 2. The molecule has 0 spiro atoms. The first-order valence-corrected chi connectivity index (χ1v) is 6.56. The largest absolute Gasteiger partial charge is 0.495 e. The molecule has 5 heteroatoms. The fourth-order valence-corrected chi connectivity index (χ4v) is 2.11. The quantitative estimate of drug-likeness (QED) is 0.929. The van der Waals surface area contributed by atoms with E-state index in [4.69, 9.17) is 16.3 Å². The third-order valence-electron chi connectivity index (χ3n) is 3.04. The van der Waals surface area contributed by atoms with E-state index >= 15 is 0 Å². The summed E-state index contributed by atoms with van der Waals surface area (Å²) in [7, 11) is 1.60. The molecule has 19 heavy (non-hydrogen) atoms. The zero-order valence-corrected chi connectivity index (χ0v) is 11.3. The van der Waals surface area contributed by atoms with Gasteiger partial charge in [0.25, 0.3) is 0 Å². The maximum atomic E-state index is 6.13. The predicted octanol–water partition coefficient (Wildman–Crippen LogP) is 3.38. The summed E-state index contributed by atoms with van der Waals surface area (Å²) < 4.78 is 5.14. The Hall–Kier alpha value is -1.81. The van der Waals surface area contributed by atoms with Gasteiger partial charge in [-0.1, -0.05) is 11.6 Å². The Kier molecular flexibility index (Phi) is 3.25. The third-order valence-corrected chi connectivity index (χ3v) is 3.34. The summed E-state index contributed by atoms with van der Waals surface area (Å²) in [4.78, 5) is 8.50. The predicted molar refractivity (Wildman–Crippen MR) is 75.7 cm³/mol. The van der Waals surface area contributed by atoms with Crippen LogP contribution in [0.3, 0.4) is 0 Å². The van der Waals surface area contributed by atoms with E-state index in [0.29, 0.717) is 16.8 Å². The van der Waals surface area contributed by atoms with Gasteiger partial charge in [-0.3, -0.25) is 0 Å². The molecule has 1 aromatic heterocycles. The van der Waals surface area contributed by atoms with E-state index < -0.39 is 0 Å². The first kappa shape index (κ1) is 12.2. The highest BCUT2D eigenvalue weighted by Gasteiger charge is 2.21. The second kappa shape index (κ2) is 5.05. The normalized spacial score (nSPS) is 14.2. The molecule has 98 valence electrons. The van der Waals surface area contributed by atoms with Crippen LogP contribution in [0, 0.1) is 0 Å². The summed E-state index contributed by atoms with van der Waals surface area (Å²) in [5, 5.41) is 3.93. The van der Waals surface area contributed by atoms with Crippen molar-refractivity contribution in [2.24, 2.45) is 0 Å². The molecule has 0 radical (unpaired) electrons. The average molecular weight is 276 g/mol. The van der Waals surface area contributed by atoms with Crippen molar-refractivity contribution in [2.45, 2.75) is 18.9 Å². The molecular formula is C14H14ClN3O. The van der Waals surface area contributed by atoms with Gasteiger partial charge in [0.2, 0.25) is 0 Å². The van der Waals surface area contributed by atoms with Crippen molar-refractivity contribution in [1.82, 2.24) is 9.97 Å². The summed E-state index contributed by atoms with van der Waals surface area (Å²) in [5.41, 5.74) is 1.80. The molecule has 0 unspecified atom stereocenters. The van der Waals surface area contributed by atoms with Crippen molar-refractivity contribution in [1.29, 1.82) is 0 Å². The Labute approximate surface area is 116 Å². The zero-order chi connectivity index (χ0) is 13.2. The maximum Gasteiger partial charge on any atom is 0.137 e. The average Bonchev–Trinajstić information content (AvgIpc) is 3.23. The molecule has 0 atom stereocenters. The Morgan fingerprint density at radius 3 is 2.79 bits per heavy atom. The van der Waals surface area contributed by atoms with Gasteiger partial charge in [0.15, 0.2) is 0 Å². The lowest BCUT2D eigenvalue weighted by Gasteiger charge is -2.07. The second-order valence-electron chi connectivity index (χ2n) is 4.56. The van der Waals surface area contributed by atoms with Crippen LogP contribution >= 0.6 is 11.6 Å². The fraction of sp³-hybridized carbons (Fsp3) is 0.286. The van der Waals surface area contributed by atoms with Crippen LogP contribution in [0.1, 0.15) is 12.8 Å². The lowest BCUT2D eigenvalue weighted by atomic mass is 10.1. The van der Waals surface area contributed by atoms with Crippen molar-refractivity contribution < 1.29 is 4.74 Å². The fourth-order valence-electron chi connectivity index (χ4n) is 1.86. The molecule has 1 heterocycles. The van der Waals surface area contributed by atoms with Gasteiger partial charge in [-0.15, -0.1) is 0 Å². The van der Waals surface area contributed by atoms with Crippen LogP contribution in [0.5, 0.6) is 5.75 Å². The smallest absolute Gasteiger partial charge is 0.137 e. The van der Waals surface area contributed by atoms with E-state index in [0.717, 1.165) is 17.1 Å². The monoisotopic (exact) mass is 275 g/mol. The molecule has 0 aliphatic heterocycles. The van der Waals surface area contributed by atoms with Gasteiger partial charge in [-0.2, -0.15) is 0 Å². The molecule has 4 nitrogen and oxygen atoms in total. The first-order chi connectivity index (χ1) is 9.26. The van der Waals surface area contributed by atoms with Crippen LogP contribution in [-0.4, -0.2) is 23.1 Å². The van der Waals surface area contributed by atoms with Crippen LogP contribution in [-0.2, 0) is 0 Å². The van der Waals surface area contributed by atoms with Crippen molar-refractivity contribution in [3.05, 3.63) is 35.6 Å². The van der Waals surface area contributed by atoms with Crippen molar-refractivity contribution in [3.63, 3.8) is 0 Å². The Morgan fingerprint density at radius 2 is 2.11 bits per heavy atom. The van der Waals surface area contributed by atoms with Gasteiger partial charge >= 0.3 is 0 Å². The molecule has 1 saturated carbocycles. The van der Waals surface area contributed by atoms with Gasteiger partial charge in [0, 0.05) is 17.7 Å². The van der Waals surface area contributed by atoms with Gasteiger partial charge < -0.3 is 10.1 Å². The van der Waals surface area contributed by atoms with E-state index in [1.807, 2.05) is 24.3 Å². The summed E-state index contributed by atoms with van der Waals surface area (Å²) in [6.07, 6.45) is 4.00. The molecule has 1 aliphatic rings. The van der Waals surface area contributed by atoms with Gasteiger partial charge in [-0.05, 0) is 31.0 Å². The molecule has 0 amide bonds. The molecule has 1 fully saturated rings. The van der Waals surface area contributed by atoms with E-state index in [1.165, 1.54) is 12.8 Å². The van der Waals surface area contributed by atoms with Crippen LogP contribution in [0.2, 0.25) is 5.02 Å². The molecule has 1 aromatic carbocycles.